The van der Waals surface area contributed by atoms with Crippen LogP contribution in [-0.2, 0) is 4.74 Å². The van der Waals surface area contributed by atoms with Gasteiger partial charge in [-0.2, -0.15) is 0 Å². The number of fused-ring (bicyclic) bond motifs is 1. The van der Waals surface area contributed by atoms with Crippen molar-refractivity contribution in [2.45, 2.75) is 37.8 Å². The Labute approximate surface area is 124 Å². The van der Waals surface area contributed by atoms with Crippen molar-refractivity contribution in [2.24, 2.45) is 5.73 Å². The third kappa shape index (κ3) is 2.50. The number of nitrogens with zero attached hydrogens (tertiary/aromatic N) is 1. The maximum atomic E-state index is 7.78. The Kier molecular flexibility index (Phi) is 3.85. The molecule has 1 aromatic carbocycles. The fourth-order valence-electron chi connectivity index (χ4n) is 3.37. The summed E-state index contributed by atoms with van der Waals surface area (Å²) in [5.74, 6) is 0.0707. The normalized spacial score (nSPS) is 26.1. The molecular weight excluding hydrogens is 274 g/mol. The number of anilines is 1. The Morgan fingerprint density at radius 1 is 1.35 bits per heavy atom. The van der Waals surface area contributed by atoms with Gasteiger partial charge in [-0.15, -0.1) is 0 Å². The summed E-state index contributed by atoms with van der Waals surface area (Å²) >= 11 is 6.04. The maximum Gasteiger partial charge on any atom is 0.124 e. The zero-order valence-corrected chi connectivity index (χ0v) is 12.2. The van der Waals surface area contributed by atoms with Crippen LogP contribution in [0, 0.1) is 5.41 Å². The van der Waals surface area contributed by atoms with Crippen molar-refractivity contribution in [1.82, 2.24) is 0 Å². The lowest BCUT2D eigenvalue weighted by Crippen LogP contribution is -2.53. The van der Waals surface area contributed by atoms with Gasteiger partial charge in [-0.25, -0.2) is 0 Å². The molecule has 1 saturated heterocycles. The molecular formula is C15H20ClN3O. The third-order valence-corrected chi connectivity index (χ3v) is 4.53. The average Bonchev–Trinajstić information content (AvgIpc) is 2.46. The molecule has 3 N–H and O–H groups in total. The molecule has 2 aliphatic rings. The Morgan fingerprint density at radius 2 is 2.15 bits per heavy atom. The van der Waals surface area contributed by atoms with Crippen LogP contribution in [0.3, 0.4) is 0 Å². The van der Waals surface area contributed by atoms with Gasteiger partial charge in [0.1, 0.15) is 5.84 Å². The van der Waals surface area contributed by atoms with Gasteiger partial charge >= 0.3 is 0 Å². The zero-order chi connectivity index (χ0) is 14.1. The predicted octanol–water partition coefficient (Wildman–Crippen LogP) is 2.77. The molecule has 4 nitrogen and oxygen atoms in total. The molecule has 1 aliphatic heterocycles. The van der Waals surface area contributed by atoms with E-state index in [1.54, 1.807) is 6.07 Å². The van der Waals surface area contributed by atoms with E-state index in [0.717, 1.165) is 37.2 Å². The summed E-state index contributed by atoms with van der Waals surface area (Å²) in [5, 5.41) is 8.40. The predicted molar refractivity (Wildman–Crippen MR) is 81.8 cm³/mol. The van der Waals surface area contributed by atoms with Crippen LogP contribution in [0.2, 0.25) is 5.02 Å². The number of ether oxygens (including phenoxy) is 1. The molecule has 20 heavy (non-hydrogen) atoms. The first-order valence-electron chi connectivity index (χ1n) is 7.19. The van der Waals surface area contributed by atoms with Crippen LogP contribution in [0.15, 0.2) is 18.2 Å². The van der Waals surface area contributed by atoms with E-state index in [-0.39, 0.29) is 5.84 Å². The lowest BCUT2D eigenvalue weighted by Gasteiger charge is -2.45. The van der Waals surface area contributed by atoms with Gasteiger partial charge in [-0.1, -0.05) is 24.4 Å². The number of hydrogen-bond donors (Lipinski definition) is 2. The highest BCUT2D eigenvalue weighted by Gasteiger charge is 2.35. The number of amidine groups is 1. The highest BCUT2D eigenvalue weighted by Crippen LogP contribution is 2.34. The quantitative estimate of drug-likeness (QED) is 0.651. The van der Waals surface area contributed by atoms with E-state index in [1.807, 2.05) is 12.1 Å². The van der Waals surface area contributed by atoms with Crippen molar-refractivity contribution in [1.29, 1.82) is 5.41 Å². The summed E-state index contributed by atoms with van der Waals surface area (Å²) in [7, 11) is 0. The standard InChI is InChI=1S/C15H20ClN3O/c16-10-5-6-12(11(9-10)15(17)18)19-7-8-20-14-4-2-1-3-13(14)19/h5-6,9,13-14H,1-4,7-8H2,(H3,17,18). The second-order valence-electron chi connectivity index (χ2n) is 5.53. The summed E-state index contributed by atoms with van der Waals surface area (Å²) in [6.07, 6.45) is 5.07. The monoisotopic (exact) mass is 293 g/mol. The minimum Gasteiger partial charge on any atom is -0.384 e. The number of morpholine rings is 1. The first-order valence-corrected chi connectivity index (χ1v) is 7.57. The molecule has 1 aliphatic carbocycles. The second-order valence-corrected chi connectivity index (χ2v) is 5.97. The van der Waals surface area contributed by atoms with Gasteiger partial charge in [0.25, 0.3) is 0 Å². The van der Waals surface area contributed by atoms with Crippen molar-refractivity contribution in [3.63, 3.8) is 0 Å². The van der Waals surface area contributed by atoms with E-state index < -0.39 is 0 Å². The summed E-state index contributed by atoms with van der Waals surface area (Å²) < 4.78 is 5.91. The Bertz CT molecular complexity index is 518. The van der Waals surface area contributed by atoms with Gasteiger partial charge in [-0.3, -0.25) is 5.41 Å². The Hall–Kier alpha value is -1.26. The summed E-state index contributed by atoms with van der Waals surface area (Å²) in [5.41, 5.74) is 7.47. The number of hydrogen-bond acceptors (Lipinski definition) is 3. The topological polar surface area (TPSA) is 62.3 Å². The highest BCUT2D eigenvalue weighted by atomic mass is 35.5. The zero-order valence-electron chi connectivity index (χ0n) is 11.4. The molecule has 1 saturated carbocycles. The van der Waals surface area contributed by atoms with Crippen LogP contribution in [-0.4, -0.2) is 31.1 Å². The molecule has 0 spiro atoms. The molecule has 2 atom stereocenters. The molecule has 0 radical (unpaired) electrons. The smallest absolute Gasteiger partial charge is 0.124 e. The third-order valence-electron chi connectivity index (χ3n) is 4.29. The van der Waals surface area contributed by atoms with E-state index in [1.165, 1.54) is 12.8 Å². The van der Waals surface area contributed by atoms with Gasteiger partial charge in [0, 0.05) is 22.8 Å². The second kappa shape index (κ2) is 5.62. The SMILES string of the molecule is N=C(N)c1cc(Cl)ccc1N1CCOC2CCCCC21. The van der Waals surface area contributed by atoms with Crippen LogP contribution < -0.4 is 10.6 Å². The van der Waals surface area contributed by atoms with Crippen molar-refractivity contribution in [3.05, 3.63) is 28.8 Å². The first-order chi connectivity index (χ1) is 9.66. The molecule has 2 unspecified atom stereocenters. The van der Waals surface area contributed by atoms with Crippen molar-refractivity contribution in [3.8, 4) is 0 Å². The van der Waals surface area contributed by atoms with Gasteiger partial charge in [0.05, 0.1) is 18.8 Å². The van der Waals surface area contributed by atoms with E-state index in [2.05, 4.69) is 4.90 Å². The molecule has 1 heterocycles. The lowest BCUT2D eigenvalue weighted by molar-refractivity contribution is -0.00868. The maximum absolute atomic E-state index is 7.78. The van der Waals surface area contributed by atoms with Crippen LogP contribution in [0.5, 0.6) is 0 Å². The average molecular weight is 294 g/mol. The van der Waals surface area contributed by atoms with E-state index in [0.29, 0.717) is 17.2 Å². The number of benzene rings is 1. The van der Waals surface area contributed by atoms with Crippen LogP contribution in [0.25, 0.3) is 0 Å². The molecule has 5 heteroatoms. The number of rotatable bonds is 2. The highest BCUT2D eigenvalue weighted by molar-refractivity contribution is 6.31. The number of nitrogens with two attached hydrogens (primary N) is 1. The van der Waals surface area contributed by atoms with E-state index >= 15 is 0 Å². The fourth-order valence-corrected chi connectivity index (χ4v) is 3.54. The van der Waals surface area contributed by atoms with Gasteiger partial charge in [0.15, 0.2) is 0 Å². The molecule has 2 fully saturated rings. The Balaban J connectivity index is 1.96. The minimum absolute atomic E-state index is 0.0707. The van der Waals surface area contributed by atoms with E-state index in [9.17, 15) is 0 Å². The summed E-state index contributed by atoms with van der Waals surface area (Å²) in [4.78, 5) is 2.36. The molecule has 0 bridgehead atoms. The molecule has 3 rings (SSSR count). The Morgan fingerprint density at radius 3 is 2.95 bits per heavy atom. The van der Waals surface area contributed by atoms with Crippen molar-refractivity contribution >= 4 is 23.1 Å². The van der Waals surface area contributed by atoms with Crippen LogP contribution in [0.4, 0.5) is 5.69 Å². The molecule has 108 valence electrons. The number of nitrogens with one attached hydrogen (secondary N) is 1. The van der Waals surface area contributed by atoms with Crippen molar-refractivity contribution < 1.29 is 4.74 Å². The largest absolute Gasteiger partial charge is 0.384 e. The lowest BCUT2D eigenvalue weighted by atomic mass is 9.89. The molecule has 0 amide bonds. The van der Waals surface area contributed by atoms with Crippen molar-refractivity contribution in [2.75, 3.05) is 18.1 Å². The van der Waals surface area contributed by atoms with Crippen LogP contribution in [0.1, 0.15) is 31.2 Å². The summed E-state index contributed by atoms with van der Waals surface area (Å²) in [6.45, 7) is 1.59. The first kappa shape index (κ1) is 13.7. The van der Waals surface area contributed by atoms with Crippen LogP contribution >= 0.6 is 11.6 Å². The molecule has 0 aromatic heterocycles. The minimum atomic E-state index is 0.0707. The number of halogens is 1. The van der Waals surface area contributed by atoms with Gasteiger partial charge in [-0.05, 0) is 31.0 Å². The summed E-state index contributed by atoms with van der Waals surface area (Å²) in [6, 6.07) is 6.04. The number of nitrogen functional groups attached to an aromatic ring is 1. The van der Waals surface area contributed by atoms with Gasteiger partial charge < -0.3 is 15.4 Å². The fraction of sp³-hybridized carbons (Fsp3) is 0.533. The van der Waals surface area contributed by atoms with Gasteiger partial charge in [0.2, 0.25) is 0 Å². The van der Waals surface area contributed by atoms with E-state index in [4.69, 9.17) is 27.5 Å². The molecule has 1 aromatic rings.